The average molecular weight is 207 g/mol. The Morgan fingerprint density at radius 1 is 1.53 bits per heavy atom. The van der Waals surface area contributed by atoms with E-state index in [0.29, 0.717) is 23.1 Å². The molecular formula is C9H13N5O. The molecule has 0 spiro atoms. The molecule has 2 heterocycles. The minimum atomic E-state index is 0.434. The van der Waals surface area contributed by atoms with E-state index in [0.717, 1.165) is 12.8 Å². The molecule has 15 heavy (non-hydrogen) atoms. The van der Waals surface area contributed by atoms with Crippen LogP contribution in [0, 0.1) is 0 Å². The fraction of sp³-hybridized carbons (Fsp3) is 0.444. The van der Waals surface area contributed by atoms with Crippen molar-refractivity contribution in [1.82, 2.24) is 19.9 Å². The molecule has 0 bridgehead atoms. The highest BCUT2D eigenvalue weighted by molar-refractivity contribution is 5.66. The second-order valence-corrected chi connectivity index (χ2v) is 3.33. The third-order valence-corrected chi connectivity index (χ3v) is 2.16. The quantitative estimate of drug-likeness (QED) is 0.811. The van der Waals surface area contributed by atoms with E-state index in [4.69, 9.17) is 10.3 Å². The summed E-state index contributed by atoms with van der Waals surface area (Å²) in [5.41, 5.74) is 6.48. The van der Waals surface area contributed by atoms with Crippen LogP contribution in [0.5, 0.6) is 0 Å². The third-order valence-electron chi connectivity index (χ3n) is 2.16. The van der Waals surface area contributed by atoms with Gasteiger partial charge in [-0.05, 0) is 6.42 Å². The van der Waals surface area contributed by atoms with Crippen molar-refractivity contribution in [2.75, 3.05) is 5.73 Å². The number of hydrogen-bond acceptors (Lipinski definition) is 5. The van der Waals surface area contributed by atoms with Crippen molar-refractivity contribution in [3.8, 4) is 11.5 Å². The van der Waals surface area contributed by atoms with Crippen LogP contribution in [0.15, 0.2) is 10.7 Å². The van der Waals surface area contributed by atoms with Crippen LogP contribution in [0.25, 0.3) is 11.5 Å². The molecule has 6 heteroatoms. The summed E-state index contributed by atoms with van der Waals surface area (Å²) in [6.45, 7) is 2.06. The zero-order valence-corrected chi connectivity index (χ0v) is 8.77. The number of nitrogens with zero attached hydrogens (tertiary/aromatic N) is 4. The first-order valence-electron chi connectivity index (χ1n) is 4.82. The number of aromatic nitrogens is 4. The third kappa shape index (κ3) is 1.70. The van der Waals surface area contributed by atoms with Crippen LogP contribution in [0.4, 0.5) is 5.82 Å². The number of anilines is 1. The van der Waals surface area contributed by atoms with Gasteiger partial charge in [0.25, 0.3) is 5.89 Å². The number of aryl methyl sites for hydroxylation is 2. The largest absolute Gasteiger partial charge is 0.383 e. The minimum Gasteiger partial charge on any atom is -0.383 e. The summed E-state index contributed by atoms with van der Waals surface area (Å²) in [5, 5.41) is 7.87. The summed E-state index contributed by atoms with van der Waals surface area (Å²) in [6, 6.07) is 0. The molecule has 0 saturated heterocycles. The summed E-state index contributed by atoms with van der Waals surface area (Å²) in [4.78, 5) is 4.23. The van der Waals surface area contributed by atoms with E-state index in [2.05, 4.69) is 22.2 Å². The molecule has 0 aliphatic heterocycles. The Bertz CT molecular complexity index is 459. The van der Waals surface area contributed by atoms with Crippen molar-refractivity contribution in [2.45, 2.75) is 19.8 Å². The second-order valence-electron chi connectivity index (χ2n) is 3.33. The van der Waals surface area contributed by atoms with Gasteiger partial charge in [0, 0.05) is 13.5 Å². The van der Waals surface area contributed by atoms with Gasteiger partial charge in [0.05, 0.1) is 6.20 Å². The first-order valence-corrected chi connectivity index (χ1v) is 4.82. The van der Waals surface area contributed by atoms with Gasteiger partial charge in [-0.1, -0.05) is 12.1 Å². The minimum absolute atomic E-state index is 0.434. The van der Waals surface area contributed by atoms with E-state index in [1.54, 1.807) is 17.9 Å². The maximum absolute atomic E-state index is 5.79. The fourth-order valence-electron chi connectivity index (χ4n) is 1.30. The first-order chi connectivity index (χ1) is 7.22. The van der Waals surface area contributed by atoms with Crippen LogP contribution < -0.4 is 5.73 Å². The number of rotatable bonds is 3. The van der Waals surface area contributed by atoms with Crippen molar-refractivity contribution in [3.63, 3.8) is 0 Å². The van der Waals surface area contributed by atoms with Gasteiger partial charge in [-0.25, -0.2) is 0 Å². The van der Waals surface area contributed by atoms with Crippen LogP contribution in [-0.4, -0.2) is 19.9 Å². The summed E-state index contributed by atoms with van der Waals surface area (Å²) in [5.74, 6) is 1.67. The van der Waals surface area contributed by atoms with Crippen molar-refractivity contribution in [1.29, 1.82) is 0 Å². The van der Waals surface area contributed by atoms with E-state index in [9.17, 15) is 0 Å². The van der Waals surface area contributed by atoms with Crippen LogP contribution >= 0.6 is 0 Å². The molecular weight excluding hydrogens is 194 g/mol. The summed E-state index contributed by atoms with van der Waals surface area (Å²) in [6.07, 6.45) is 3.42. The van der Waals surface area contributed by atoms with Crippen LogP contribution in [-0.2, 0) is 13.5 Å². The maximum Gasteiger partial charge on any atom is 0.263 e. The highest BCUT2D eigenvalue weighted by Gasteiger charge is 2.14. The predicted molar refractivity (Wildman–Crippen MR) is 54.9 cm³/mol. The number of nitrogens with two attached hydrogens (primary N) is 1. The molecule has 80 valence electrons. The van der Waals surface area contributed by atoms with Crippen LogP contribution in [0.1, 0.15) is 19.2 Å². The molecule has 0 aromatic carbocycles. The summed E-state index contributed by atoms with van der Waals surface area (Å²) >= 11 is 0. The summed E-state index contributed by atoms with van der Waals surface area (Å²) < 4.78 is 6.67. The fourth-order valence-corrected chi connectivity index (χ4v) is 1.30. The predicted octanol–water partition coefficient (Wildman–Crippen LogP) is 1.00. The van der Waals surface area contributed by atoms with Crippen molar-refractivity contribution >= 4 is 5.82 Å². The molecule has 0 saturated carbocycles. The molecule has 0 aliphatic rings. The molecule has 2 aromatic rings. The van der Waals surface area contributed by atoms with Gasteiger partial charge in [0.2, 0.25) is 0 Å². The van der Waals surface area contributed by atoms with E-state index in [1.807, 2.05) is 0 Å². The zero-order chi connectivity index (χ0) is 10.8. The van der Waals surface area contributed by atoms with Gasteiger partial charge in [-0.2, -0.15) is 10.1 Å². The molecule has 0 unspecified atom stereocenters. The van der Waals surface area contributed by atoms with Gasteiger partial charge in [-0.15, -0.1) is 0 Å². The molecule has 0 amide bonds. The van der Waals surface area contributed by atoms with Crippen LogP contribution in [0.3, 0.4) is 0 Å². The Morgan fingerprint density at radius 2 is 2.33 bits per heavy atom. The summed E-state index contributed by atoms with van der Waals surface area (Å²) in [7, 11) is 1.77. The lowest BCUT2D eigenvalue weighted by molar-refractivity contribution is 0.422. The van der Waals surface area contributed by atoms with Gasteiger partial charge in [0.15, 0.2) is 5.82 Å². The second kappa shape index (κ2) is 3.72. The lowest BCUT2D eigenvalue weighted by Crippen LogP contribution is -1.98. The molecule has 2 N–H and O–H groups in total. The smallest absolute Gasteiger partial charge is 0.263 e. The lowest BCUT2D eigenvalue weighted by atomic mass is 10.3. The topological polar surface area (TPSA) is 82.8 Å². The first kappa shape index (κ1) is 9.70. The molecule has 6 nitrogen and oxygen atoms in total. The molecule has 2 rings (SSSR count). The van der Waals surface area contributed by atoms with E-state index >= 15 is 0 Å². The average Bonchev–Trinajstić information content (AvgIpc) is 2.77. The Labute approximate surface area is 87.1 Å². The SMILES string of the molecule is CCCc1noc(-c2cnn(C)c2N)n1. The Hall–Kier alpha value is -1.85. The molecule has 0 radical (unpaired) electrons. The number of nitrogen functional groups attached to an aromatic ring is 1. The van der Waals surface area contributed by atoms with Gasteiger partial charge in [0.1, 0.15) is 11.4 Å². The van der Waals surface area contributed by atoms with Gasteiger partial charge < -0.3 is 10.3 Å². The molecule has 0 aliphatic carbocycles. The highest BCUT2D eigenvalue weighted by Crippen LogP contribution is 2.22. The molecule has 0 atom stereocenters. The van der Waals surface area contributed by atoms with Crippen molar-refractivity contribution in [2.24, 2.45) is 7.05 Å². The van der Waals surface area contributed by atoms with Crippen molar-refractivity contribution < 1.29 is 4.52 Å². The highest BCUT2D eigenvalue weighted by atomic mass is 16.5. The Balaban J connectivity index is 2.33. The van der Waals surface area contributed by atoms with E-state index in [1.165, 1.54) is 0 Å². The van der Waals surface area contributed by atoms with E-state index < -0.39 is 0 Å². The molecule has 0 fully saturated rings. The Kier molecular flexibility index (Phi) is 2.40. The van der Waals surface area contributed by atoms with E-state index in [-0.39, 0.29) is 0 Å². The lowest BCUT2D eigenvalue weighted by Gasteiger charge is -1.93. The van der Waals surface area contributed by atoms with Gasteiger partial charge >= 0.3 is 0 Å². The van der Waals surface area contributed by atoms with Crippen molar-refractivity contribution in [3.05, 3.63) is 12.0 Å². The van der Waals surface area contributed by atoms with Gasteiger partial charge in [-0.3, -0.25) is 4.68 Å². The monoisotopic (exact) mass is 207 g/mol. The molecule has 2 aromatic heterocycles. The standard InChI is InChI=1S/C9H13N5O/c1-3-4-7-12-9(15-13-7)6-5-11-14(2)8(6)10/h5H,3-4,10H2,1-2H3. The maximum atomic E-state index is 5.79. The normalized spacial score (nSPS) is 10.8. The van der Waals surface area contributed by atoms with Crippen LogP contribution in [0.2, 0.25) is 0 Å². The zero-order valence-electron chi connectivity index (χ0n) is 8.77. The Morgan fingerprint density at radius 3 is 2.93 bits per heavy atom. The number of hydrogen-bond donors (Lipinski definition) is 1.